The average Bonchev–Trinajstić information content (AvgIpc) is 3.22. The van der Waals surface area contributed by atoms with E-state index in [1.165, 1.54) is 5.56 Å². The molecule has 4 atom stereocenters. The molecule has 2 aliphatic heterocycles. The lowest BCUT2D eigenvalue weighted by Crippen LogP contribution is -2.62. The number of azide groups is 1. The van der Waals surface area contributed by atoms with E-state index in [2.05, 4.69) is 68.6 Å². The predicted octanol–water partition coefficient (Wildman–Crippen LogP) is 7.84. The molecule has 0 unspecified atom stereocenters. The second kappa shape index (κ2) is 15.1. The number of benzene rings is 1. The molecule has 1 aromatic carbocycles. The topological polar surface area (TPSA) is 88.9 Å². The van der Waals surface area contributed by atoms with Crippen LogP contribution in [0.1, 0.15) is 86.6 Å². The highest BCUT2D eigenvalue weighted by Crippen LogP contribution is 2.44. The molecule has 0 radical (unpaired) electrons. The quantitative estimate of drug-likeness (QED) is 0.0660. The highest BCUT2D eigenvalue weighted by atomic mass is 28.4. The van der Waals surface area contributed by atoms with Gasteiger partial charge in [0.15, 0.2) is 14.1 Å². The van der Waals surface area contributed by atoms with Crippen molar-refractivity contribution in [2.45, 2.75) is 134 Å². The van der Waals surface area contributed by atoms with Crippen LogP contribution in [0.2, 0.25) is 16.6 Å². The van der Waals surface area contributed by atoms with Crippen LogP contribution in [0.4, 0.5) is 0 Å². The van der Waals surface area contributed by atoms with Gasteiger partial charge in [0.25, 0.3) is 0 Å². The average molecular weight is 575 g/mol. The molecule has 40 heavy (non-hydrogen) atoms. The van der Waals surface area contributed by atoms with Crippen molar-refractivity contribution in [2.24, 2.45) is 5.11 Å². The van der Waals surface area contributed by atoms with Crippen LogP contribution in [-0.4, -0.2) is 69.6 Å². The van der Waals surface area contributed by atoms with Crippen molar-refractivity contribution in [3.05, 3.63) is 46.3 Å². The molecule has 1 aromatic rings. The number of rotatable bonds is 16. The van der Waals surface area contributed by atoms with E-state index in [0.717, 1.165) is 38.8 Å². The van der Waals surface area contributed by atoms with Gasteiger partial charge in [0.05, 0.1) is 31.4 Å². The van der Waals surface area contributed by atoms with E-state index >= 15 is 0 Å². The Hall–Kier alpha value is -1.45. The molecule has 9 heteroatoms. The summed E-state index contributed by atoms with van der Waals surface area (Å²) in [6.07, 6.45) is 3.94. The van der Waals surface area contributed by atoms with Crippen LogP contribution in [0, 0.1) is 0 Å². The molecule has 3 rings (SSSR count). The summed E-state index contributed by atoms with van der Waals surface area (Å²) in [7, 11) is -2.05. The van der Waals surface area contributed by atoms with Gasteiger partial charge in [-0.1, -0.05) is 89.8 Å². The molecule has 0 spiro atoms. The van der Waals surface area contributed by atoms with Gasteiger partial charge in [-0.3, -0.25) is 4.90 Å². The smallest absolute Gasteiger partial charge is 0.200 e. The largest absolute Gasteiger partial charge is 0.414 e. The first-order chi connectivity index (χ1) is 19.0. The van der Waals surface area contributed by atoms with Crippen LogP contribution < -0.4 is 0 Å². The zero-order chi connectivity index (χ0) is 29.3. The summed E-state index contributed by atoms with van der Waals surface area (Å²) in [5.41, 5.74) is 12.1. The Morgan fingerprint density at radius 1 is 0.975 bits per heavy atom. The highest BCUT2D eigenvalue weighted by molar-refractivity contribution is 6.77. The van der Waals surface area contributed by atoms with Gasteiger partial charge in [-0.15, -0.1) is 0 Å². The second-order valence-corrected chi connectivity index (χ2v) is 18.4. The maximum Gasteiger partial charge on any atom is 0.200 e. The Morgan fingerprint density at radius 2 is 1.60 bits per heavy atom. The second-order valence-electron chi connectivity index (χ2n) is 13.0. The van der Waals surface area contributed by atoms with Crippen LogP contribution in [0.5, 0.6) is 0 Å². The van der Waals surface area contributed by atoms with Gasteiger partial charge in [0.2, 0.25) is 0 Å². The molecule has 0 aromatic heterocycles. The summed E-state index contributed by atoms with van der Waals surface area (Å²) in [6, 6.07) is 10.1. The molecule has 2 aliphatic rings. The summed E-state index contributed by atoms with van der Waals surface area (Å²) < 4.78 is 25.8. The highest BCUT2D eigenvalue weighted by Gasteiger charge is 2.54. The Labute approximate surface area is 243 Å². The third-order valence-electron chi connectivity index (χ3n) is 8.82. The lowest BCUT2D eigenvalue weighted by molar-refractivity contribution is -0.150. The van der Waals surface area contributed by atoms with Gasteiger partial charge < -0.3 is 18.6 Å². The fraction of sp³-hybridized carbons (Fsp3) is 0.806. The number of fused-ring (bicyclic) bond motifs is 1. The Bertz CT molecular complexity index is 917. The molecule has 226 valence electrons. The van der Waals surface area contributed by atoms with E-state index < -0.39 is 14.1 Å². The van der Waals surface area contributed by atoms with Crippen molar-refractivity contribution in [2.75, 3.05) is 26.3 Å². The van der Waals surface area contributed by atoms with E-state index in [9.17, 15) is 5.53 Å². The number of hydrogen-bond donors (Lipinski definition) is 0. The van der Waals surface area contributed by atoms with Gasteiger partial charge in [-0.25, -0.2) is 0 Å². The maximum absolute atomic E-state index is 9.32. The van der Waals surface area contributed by atoms with Gasteiger partial charge >= 0.3 is 0 Å². The lowest BCUT2D eigenvalue weighted by Gasteiger charge is -2.47. The monoisotopic (exact) mass is 574 g/mol. The molecule has 0 N–H and O–H groups in total. The van der Waals surface area contributed by atoms with E-state index in [0.29, 0.717) is 36.4 Å². The normalized spacial score (nSPS) is 25.0. The van der Waals surface area contributed by atoms with Crippen molar-refractivity contribution in [1.82, 2.24) is 4.90 Å². The standard InChI is InChI=1S/C31H54N4O4Si/c1-23(2)40(24(3)4,25(5)6)37-22-28-30-29(38-31(7,8)39-30)27(33-34-32)20-35(28)18-14-9-10-15-19-36-21-26-16-12-11-13-17-26/h11-13,16-17,23-25,27-30H,9-10,14-15,18-22H2,1-8H3/t27-,28+,29+,30-/m0/s1. The molecular weight excluding hydrogens is 520 g/mol. The fourth-order valence-corrected chi connectivity index (χ4v) is 12.6. The number of piperidine rings is 1. The molecule has 0 bridgehead atoms. The summed E-state index contributed by atoms with van der Waals surface area (Å²) in [5.74, 6) is -0.713. The Kier molecular flexibility index (Phi) is 12.5. The minimum Gasteiger partial charge on any atom is -0.414 e. The summed E-state index contributed by atoms with van der Waals surface area (Å²) in [5, 5.41) is 4.16. The Balaban J connectivity index is 1.63. The maximum atomic E-state index is 9.32. The van der Waals surface area contributed by atoms with Crippen molar-refractivity contribution < 1.29 is 18.6 Å². The van der Waals surface area contributed by atoms with Gasteiger partial charge in [0, 0.05) is 18.1 Å². The molecule has 2 fully saturated rings. The number of likely N-dealkylation sites (tertiary alicyclic amines) is 1. The molecule has 0 saturated carbocycles. The minimum atomic E-state index is -2.05. The van der Waals surface area contributed by atoms with Gasteiger partial charge in [-0.2, -0.15) is 0 Å². The zero-order valence-electron chi connectivity index (χ0n) is 26.2. The van der Waals surface area contributed by atoms with Crippen LogP contribution in [0.15, 0.2) is 35.4 Å². The van der Waals surface area contributed by atoms with E-state index in [1.807, 2.05) is 32.0 Å². The molecule has 0 aliphatic carbocycles. The van der Waals surface area contributed by atoms with Crippen molar-refractivity contribution in [3.63, 3.8) is 0 Å². The first kappa shape index (κ1) is 33.1. The summed E-state index contributed by atoms with van der Waals surface area (Å²) >= 11 is 0. The first-order valence-corrected chi connectivity index (χ1v) is 17.5. The molecule has 2 heterocycles. The lowest BCUT2D eigenvalue weighted by atomic mass is 9.92. The van der Waals surface area contributed by atoms with E-state index in [-0.39, 0.29) is 24.3 Å². The number of hydrogen-bond acceptors (Lipinski definition) is 6. The molecule has 8 nitrogen and oxygen atoms in total. The molecule has 2 saturated heterocycles. The number of ether oxygens (including phenoxy) is 3. The van der Waals surface area contributed by atoms with Gasteiger partial charge in [0.1, 0.15) is 6.10 Å². The fourth-order valence-electron chi connectivity index (χ4n) is 7.09. The first-order valence-electron chi connectivity index (χ1n) is 15.4. The van der Waals surface area contributed by atoms with Crippen LogP contribution in [0.25, 0.3) is 10.4 Å². The van der Waals surface area contributed by atoms with Crippen molar-refractivity contribution >= 4 is 8.32 Å². The number of unbranched alkanes of at least 4 members (excludes halogenated alkanes) is 3. The SMILES string of the molecule is CC(C)[Si](OC[C@@H]1[C@@H]2OC(C)(C)O[C@@H]2[C@@H](N=[N+]=[N-])CN1CCCCCCOCc1ccccc1)(C(C)C)C(C)C. The van der Waals surface area contributed by atoms with Gasteiger partial charge in [-0.05, 0) is 61.0 Å². The predicted molar refractivity (Wildman–Crippen MR) is 164 cm³/mol. The minimum absolute atomic E-state index is 0.0641. The van der Waals surface area contributed by atoms with Crippen molar-refractivity contribution in [3.8, 4) is 0 Å². The number of nitrogens with zero attached hydrogens (tertiary/aromatic N) is 4. The van der Waals surface area contributed by atoms with E-state index in [1.54, 1.807) is 0 Å². The van der Waals surface area contributed by atoms with Crippen molar-refractivity contribution in [1.29, 1.82) is 0 Å². The summed E-state index contributed by atoms with van der Waals surface area (Å²) in [6.45, 7) is 21.5. The van der Waals surface area contributed by atoms with Crippen LogP contribution in [0.3, 0.4) is 0 Å². The third kappa shape index (κ3) is 8.31. The van der Waals surface area contributed by atoms with Crippen LogP contribution in [-0.2, 0) is 25.2 Å². The third-order valence-corrected chi connectivity index (χ3v) is 14.9. The summed E-state index contributed by atoms with van der Waals surface area (Å²) in [4.78, 5) is 5.62. The molecule has 0 amide bonds. The zero-order valence-corrected chi connectivity index (χ0v) is 27.2. The Morgan fingerprint density at radius 3 is 2.23 bits per heavy atom. The van der Waals surface area contributed by atoms with E-state index in [4.69, 9.17) is 18.6 Å². The van der Waals surface area contributed by atoms with Crippen LogP contribution >= 0.6 is 0 Å². The molecular formula is C31H54N4O4Si.